The predicted octanol–water partition coefficient (Wildman–Crippen LogP) is 3.93. The van der Waals surface area contributed by atoms with Gasteiger partial charge in [0.15, 0.2) is 0 Å². The van der Waals surface area contributed by atoms with Crippen LogP contribution in [0.25, 0.3) is 0 Å². The Kier molecular flexibility index (Phi) is 5.72. The van der Waals surface area contributed by atoms with Gasteiger partial charge in [0, 0.05) is 9.92 Å². The molecule has 0 radical (unpaired) electrons. The first kappa shape index (κ1) is 16.7. The average Bonchev–Trinajstić information content (AvgIpc) is 2.30. The molecule has 0 aliphatic rings. The van der Waals surface area contributed by atoms with Gasteiger partial charge in [-0.1, -0.05) is 11.6 Å². The van der Waals surface area contributed by atoms with E-state index in [1.807, 2.05) is 0 Å². The number of esters is 1. The number of carbonyl (C=O) groups is 1. The molecule has 0 aromatic heterocycles. The Morgan fingerprint density at radius 3 is 2.65 bits per heavy atom. The average molecular weight is 324 g/mol. The van der Waals surface area contributed by atoms with Gasteiger partial charge in [-0.05, 0) is 36.4 Å². The van der Waals surface area contributed by atoms with E-state index in [0.29, 0.717) is 0 Å². The fraction of sp³-hybridized carbons (Fsp3) is 0.333. The quantitative estimate of drug-likeness (QED) is 0.622. The lowest BCUT2D eigenvalue weighted by molar-refractivity contribution is -0.142. The Morgan fingerprint density at radius 1 is 1.50 bits per heavy atom. The zero-order valence-electron chi connectivity index (χ0n) is 10.3. The number of alkyl halides is 3. The van der Waals surface area contributed by atoms with Crippen LogP contribution in [0.3, 0.4) is 0 Å². The minimum Gasteiger partial charge on any atom is -0.466 e. The smallest absolute Gasteiger partial charge is 0.446 e. The molecule has 0 N–H and O–H groups in total. The third kappa shape index (κ3) is 4.94. The second-order valence-electron chi connectivity index (χ2n) is 3.57. The van der Waals surface area contributed by atoms with Gasteiger partial charge in [-0.3, -0.25) is 4.79 Å². The van der Waals surface area contributed by atoms with E-state index < -0.39 is 29.7 Å². The van der Waals surface area contributed by atoms with Crippen LogP contribution in [-0.2, 0) is 16.0 Å². The van der Waals surface area contributed by atoms with E-state index in [0.717, 1.165) is 6.07 Å². The largest absolute Gasteiger partial charge is 0.466 e. The summed E-state index contributed by atoms with van der Waals surface area (Å²) < 4.78 is 42.2. The van der Waals surface area contributed by atoms with Gasteiger partial charge in [0.2, 0.25) is 0 Å². The Balaban J connectivity index is 3.23. The number of hydrogen-bond donors (Lipinski definition) is 0. The lowest BCUT2D eigenvalue weighted by Crippen LogP contribution is -2.11. The van der Waals surface area contributed by atoms with Crippen LogP contribution in [0.15, 0.2) is 17.0 Å². The fourth-order valence-electron chi connectivity index (χ4n) is 1.47. The normalized spacial score (nSPS) is 11.0. The van der Waals surface area contributed by atoms with E-state index in [9.17, 15) is 18.0 Å². The molecule has 0 aliphatic carbocycles. The zero-order valence-corrected chi connectivity index (χ0v) is 11.8. The van der Waals surface area contributed by atoms with Crippen LogP contribution in [0.2, 0.25) is 5.02 Å². The molecular weight excluding hydrogens is 315 g/mol. The molecule has 108 valence electrons. The molecule has 0 saturated heterocycles. The summed E-state index contributed by atoms with van der Waals surface area (Å²) >= 11 is 5.27. The first-order chi connectivity index (χ1) is 9.26. The summed E-state index contributed by atoms with van der Waals surface area (Å²) in [5, 5.41) is 8.96. The number of rotatable bonds is 4. The van der Waals surface area contributed by atoms with E-state index in [4.69, 9.17) is 16.9 Å². The van der Waals surface area contributed by atoms with Crippen molar-refractivity contribution in [3.63, 3.8) is 0 Å². The molecule has 0 aliphatic heterocycles. The highest BCUT2D eigenvalue weighted by atomic mass is 35.5. The molecule has 0 amide bonds. The molecule has 0 unspecified atom stereocenters. The number of nitrogens with zero attached hydrogens (tertiary/aromatic N) is 1. The third-order valence-electron chi connectivity index (χ3n) is 2.15. The van der Waals surface area contributed by atoms with Gasteiger partial charge >= 0.3 is 11.5 Å². The molecule has 1 rings (SSSR count). The molecule has 20 heavy (non-hydrogen) atoms. The van der Waals surface area contributed by atoms with Crippen molar-refractivity contribution in [3.8, 4) is 6.07 Å². The molecule has 0 atom stereocenters. The van der Waals surface area contributed by atoms with Gasteiger partial charge in [0.25, 0.3) is 0 Å². The van der Waals surface area contributed by atoms with E-state index in [-0.39, 0.29) is 27.7 Å². The monoisotopic (exact) mass is 323 g/mol. The highest BCUT2D eigenvalue weighted by Gasteiger charge is 2.31. The molecule has 0 fully saturated rings. The van der Waals surface area contributed by atoms with Crippen LogP contribution in [0.4, 0.5) is 13.2 Å². The minimum atomic E-state index is -4.54. The zero-order chi connectivity index (χ0) is 15.3. The highest BCUT2D eigenvalue weighted by Crippen LogP contribution is 2.40. The Morgan fingerprint density at radius 2 is 2.15 bits per heavy atom. The van der Waals surface area contributed by atoms with E-state index in [2.05, 4.69) is 4.74 Å². The number of hydrogen-bond acceptors (Lipinski definition) is 4. The Hall–Kier alpha value is -1.39. The van der Waals surface area contributed by atoms with Gasteiger partial charge in [0.05, 0.1) is 24.7 Å². The number of benzene rings is 1. The first-order valence-electron chi connectivity index (χ1n) is 5.40. The maximum Gasteiger partial charge on any atom is 0.446 e. The highest BCUT2D eigenvalue weighted by molar-refractivity contribution is 8.00. The summed E-state index contributed by atoms with van der Waals surface area (Å²) in [4.78, 5) is 11.2. The summed E-state index contributed by atoms with van der Waals surface area (Å²) in [6, 6.07) is 4.03. The van der Waals surface area contributed by atoms with E-state index in [1.54, 1.807) is 13.0 Å². The summed E-state index contributed by atoms with van der Waals surface area (Å²) in [6.07, 6.45) is -0.410. The van der Waals surface area contributed by atoms with Gasteiger partial charge in [-0.2, -0.15) is 18.4 Å². The van der Waals surface area contributed by atoms with E-state index >= 15 is 0 Å². The van der Waals surface area contributed by atoms with Crippen LogP contribution in [0.1, 0.15) is 18.1 Å². The molecule has 0 spiro atoms. The number of nitriles is 1. The van der Waals surface area contributed by atoms with Crippen molar-refractivity contribution in [3.05, 3.63) is 28.3 Å². The van der Waals surface area contributed by atoms with Crippen molar-refractivity contribution < 1.29 is 22.7 Å². The number of ether oxygens (including phenoxy) is 1. The second kappa shape index (κ2) is 6.86. The van der Waals surface area contributed by atoms with Crippen molar-refractivity contribution in [2.24, 2.45) is 0 Å². The molecule has 8 heteroatoms. The van der Waals surface area contributed by atoms with Crippen molar-refractivity contribution in [2.45, 2.75) is 23.7 Å². The molecule has 3 nitrogen and oxygen atoms in total. The van der Waals surface area contributed by atoms with Crippen molar-refractivity contribution in [1.29, 1.82) is 5.26 Å². The van der Waals surface area contributed by atoms with Crippen molar-refractivity contribution in [2.75, 3.05) is 6.61 Å². The summed E-state index contributed by atoms with van der Waals surface area (Å²) in [5.74, 6) is -0.699. The Bertz CT molecular complexity index is 555. The van der Waals surface area contributed by atoms with Crippen LogP contribution in [0.5, 0.6) is 0 Å². The lowest BCUT2D eigenvalue weighted by Gasteiger charge is -2.13. The first-order valence-corrected chi connectivity index (χ1v) is 6.60. The molecule has 0 bridgehead atoms. The summed E-state index contributed by atoms with van der Waals surface area (Å²) in [5.41, 5.74) is -4.64. The minimum absolute atomic E-state index is 0.000842. The van der Waals surface area contributed by atoms with Crippen molar-refractivity contribution >= 4 is 29.3 Å². The number of carbonyl (C=O) groups excluding carboxylic acids is 1. The summed E-state index contributed by atoms with van der Waals surface area (Å²) in [6.45, 7) is 1.69. The maximum absolute atomic E-state index is 12.5. The molecule has 0 heterocycles. The van der Waals surface area contributed by atoms with Gasteiger partial charge in [-0.25, -0.2) is 0 Å². The van der Waals surface area contributed by atoms with Gasteiger partial charge in [-0.15, -0.1) is 0 Å². The van der Waals surface area contributed by atoms with Crippen molar-refractivity contribution in [1.82, 2.24) is 0 Å². The molecule has 1 aromatic carbocycles. The van der Waals surface area contributed by atoms with Crippen LogP contribution >= 0.6 is 23.4 Å². The predicted molar refractivity (Wildman–Crippen MR) is 68.4 cm³/mol. The maximum atomic E-state index is 12.5. The van der Waals surface area contributed by atoms with Crippen LogP contribution in [0, 0.1) is 11.3 Å². The van der Waals surface area contributed by atoms with Crippen LogP contribution < -0.4 is 0 Å². The standard InChI is InChI=1S/C12H9ClF3NO2S/c1-2-19-11(18)5-9-7(6-17)3-8(13)4-10(9)20-12(14,15)16/h3-4H,2,5H2,1H3. The lowest BCUT2D eigenvalue weighted by atomic mass is 10.1. The van der Waals surface area contributed by atoms with E-state index in [1.165, 1.54) is 6.07 Å². The number of thioether (sulfide) groups is 1. The molecule has 0 saturated carbocycles. The molecule has 1 aromatic rings. The van der Waals surface area contributed by atoms with Gasteiger partial charge in [0.1, 0.15) is 0 Å². The second-order valence-corrected chi connectivity index (χ2v) is 5.11. The third-order valence-corrected chi connectivity index (χ3v) is 3.18. The van der Waals surface area contributed by atoms with Crippen LogP contribution in [-0.4, -0.2) is 18.1 Å². The SMILES string of the molecule is CCOC(=O)Cc1c(C#N)cc(Cl)cc1SC(F)(F)F. The number of halogens is 4. The van der Waals surface area contributed by atoms with Gasteiger partial charge < -0.3 is 4.74 Å². The Labute approximate surface area is 122 Å². The molecular formula is C12H9ClF3NO2S. The fourth-order valence-corrected chi connectivity index (χ4v) is 2.49. The topological polar surface area (TPSA) is 50.1 Å². The summed E-state index contributed by atoms with van der Waals surface area (Å²) in [7, 11) is 0.